The third-order valence-electron chi connectivity index (χ3n) is 13.9. The number of quaternary nitrogens is 4. The van der Waals surface area contributed by atoms with Crippen molar-refractivity contribution >= 4 is 23.9 Å². The van der Waals surface area contributed by atoms with Gasteiger partial charge in [-0.15, -0.1) is 0 Å². The highest BCUT2D eigenvalue weighted by molar-refractivity contribution is 5.90. The summed E-state index contributed by atoms with van der Waals surface area (Å²) >= 11 is 0. The van der Waals surface area contributed by atoms with Crippen molar-refractivity contribution in [2.24, 2.45) is 0 Å². The summed E-state index contributed by atoms with van der Waals surface area (Å²) in [5.74, 6) is -0.898. The minimum Gasteiger partial charge on any atom is -0.456 e. The summed E-state index contributed by atoms with van der Waals surface area (Å²) < 4.78 is 25.3. The molecule has 0 aliphatic carbocycles. The number of esters is 4. The Bertz CT molecular complexity index is 2080. The van der Waals surface area contributed by atoms with Gasteiger partial charge in [0.2, 0.25) is 0 Å². The zero-order chi connectivity index (χ0) is 63.9. The molecule has 0 aliphatic rings. The molecule has 0 fully saturated rings. The van der Waals surface area contributed by atoms with Crippen molar-refractivity contribution in [1.29, 1.82) is 0 Å². The molecular formula is C67H118N4O12+4. The maximum atomic E-state index is 12.0. The van der Waals surface area contributed by atoms with Crippen molar-refractivity contribution in [2.75, 3.05) is 161 Å². The Kier molecular flexibility index (Phi) is 55.0. The maximum absolute atomic E-state index is 12.0. The third kappa shape index (κ3) is 40.4. The first kappa shape index (κ1) is 83.9. The van der Waals surface area contributed by atoms with Crippen LogP contribution < -0.4 is 0 Å². The number of rotatable bonds is 30. The second-order valence-corrected chi connectivity index (χ2v) is 20.4. The molecule has 0 saturated carbocycles. The van der Waals surface area contributed by atoms with Gasteiger partial charge < -0.3 is 57.3 Å². The molecule has 4 N–H and O–H groups in total. The third-order valence-corrected chi connectivity index (χ3v) is 13.9. The van der Waals surface area contributed by atoms with Gasteiger partial charge in [0.25, 0.3) is 0 Å². The SMILES string of the molecule is CCCC[N+](CC)(CCC)CCOC(=O)c1ccccc1.CCC[N+](CC)(CCC)CCOC(=O)c1ccccc1.CCO.CC[N+](CC)(CC)CCOC(=O)c1ccccc1.CO.CO.CO.C[N+](C)(C)CCOC(=O)c1ccccc1. The number of benzene rings is 4. The number of aliphatic hydroxyl groups excluding tert-OH is 4. The molecule has 16 nitrogen and oxygen atoms in total. The Morgan fingerprint density at radius 3 is 0.747 bits per heavy atom. The normalized spacial score (nSPS) is 11.1. The van der Waals surface area contributed by atoms with Crippen molar-refractivity contribution in [3.63, 3.8) is 0 Å². The number of ether oxygens (including phenoxy) is 4. The van der Waals surface area contributed by atoms with Gasteiger partial charge in [-0.25, -0.2) is 19.2 Å². The van der Waals surface area contributed by atoms with Gasteiger partial charge in [0.1, 0.15) is 52.6 Å². The van der Waals surface area contributed by atoms with Crippen LogP contribution in [0.3, 0.4) is 0 Å². The molecule has 0 aliphatic heterocycles. The van der Waals surface area contributed by atoms with Crippen molar-refractivity contribution in [3.8, 4) is 0 Å². The van der Waals surface area contributed by atoms with Crippen molar-refractivity contribution in [3.05, 3.63) is 144 Å². The molecule has 0 radical (unpaired) electrons. The Labute approximate surface area is 503 Å². The molecule has 0 bridgehead atoms. The van der Waals surface area contributed by atoms with Crippen molar-refractivity contribution in [2.45, 2.75) is 101 Å². The van der Waals surface area contributed by atoms with E-state index in [9.17, 15) is 19.2 Å². The number of likely N-dealkylation sites (N-methyl/N-ethyl adjacent to an activating group) is 4. The molecule has 0 aromatic heterocycles. The van der Waals surface area contributed by atoms with E-state index in [0.29, 0.717) is 48.7 Å². The fourth-order valence-electron chi connectivity index (χ4n) is 8.72. The summed E-state index contributed by atoms with van der Waals surface area (Å²) in [7, 11) is 9.20. The summed E-state index contributed by atoms with van der Waals surface area (Å²) in [5.41, 5.74) is 2.50. The molecule has 474 valence electrons. The smallest absolute Gasteiger partial charge is 0.338 e. The van der Waals surface area contributed by atoms with Crippen LogP contribution >= 0.6 is 0 Å². The lowest BCUT2D eigenvalue weighted by Crippen LogP contribution is -2.51. The quantitative estimate of drug-likeness (QED) is 0.0220. The summed E-state index contributed by atoms with van der Waals surface area (Å²) in [6.45, 7) is 37.5. The van der Waals surface area contributed by atoms with E-state index in [2.05, 4.69) is 83.5 Å². The van der Waals surface area contributed by atoms with Gasteiger partial charge in [-0.05, 0) is 116 Å². The zero-order valence-corrected chi connectivity index (χ0v) is 54.7. The van der Waals surface area contributed by atoms with Gasteiger partial charge in [-0.2, -0.15) is 0 Å². The molecular weight excluding hydrogens is 1050 g/mol. The molecule has 1 atom stereocenters. The number of aliphatic hydroxyl groups is 4. The molecule has 0 amide bonds. The first-order valence-corrected chi connectivity index (χ1v) is 30.1. The summed E-state index contributed by atoms with van der Waals surface area (Å²) in [4.78, 5) is 47.1. The van der Waals surface area contributed by atoms with Crippen molar-refractivity contribution < 1.29 is 76.5 Å². The maximum Gasteiger partial charge on any atom is 0.338 e. The van der Waals surface area contributed by atoms with Gasteiger partial charge in [-0.1, -0.05) is 107 Å². The van der Waals surface area contributed by atoms with E-state index in [-0.39, 0.29) is 30.5 Å². The molecule has 0 heterocycles. The van der Waals surface area contributed by atoms with E-state index in [1.54, 1.807) is 55.5 Å². The number of nitrogens with zero attached hydrogens (tertiary/aromatic N) is 4. The van der Waals surface area contributed by atoms with Crippen LogP contribution in [0.2, 0.25) is 0 Å². The van der Waals surface area contributed by atoms with Gasteiger partial charge in [-0.3, -0.25) is 0 Å². The fraction of sp³-hybridized carbons (Fsp3) is 0.582. The highest BCUT2D eigenvalue weighted by atomic mass is 16.5. The summed E-state index contributed by atoms with van der Waals surface area (Å²) in [5, 5.41) is 28.6. The lowest BCUT2D eigenvalue weighted by Gasteiger charge is -2.37. The monoisotopic (exact) mass is 1170 g/mol. The standard InChI is InChI=1S/C18H30NO2.C17H28NO2.C15H24NO2.C12H18NO2.C2H6O.3CH4O/c1-4-7-14-19(6-3,13-5-2)15-16-21-18(20)17-11-9-8-10-12-17;1-4-12-18(6-3,13-5-2)14-15-20-17(19)16-10-8-7-9-11-16;1-4-16(5-2,6-3)12-13-18-15(17)14-10-8-7-9-11-14;1-13(2,3)9-10-15-12(14)11-7-5-4-6-8-11;1-2-3;3*1-2/h8-12H,4-7,13-16H2,1-3H3;7-11H,4-6,12-15H2,1-3H3;7-11H,4-6,12-13H2,1-3H3;4-8H,9-10H2,1-3H3;3H,2H2,1H3;3*2H,1H3/q4*+1;;;;. The average Bonchev–Trinajstić information content (AvgIpc) is 3.52. The molecule has 0 spiro atoms. The van der Waals surface area contributed by atoms with Crippen LogP contribution in [0.1, 0.15) is 143 Å². The topological polar surface area (TPSA) is 186 Å². The number of hydrogen-bond acceptors (Lipinski definition) is 12. The van der Waals surface area contributed by atoms with Gasteiger partial charge in [0, 0.05) is 27.9 Å². The highest BCUT2D eigenvalue weighted by Gasteiger charge is 2.26. The molecule has 0 saturated heterocycles. The molecule has 16 heteroatoms. The van der Waals surface area contributed by atoms with Gasteiger partial charge >= 0.3 is 23.9 Å². The largest absolute Gasteiger partial charge is 0.456 e. The van der Waals surface area contributed by atoms with Crippen LogP contribution in [0.4, 0.5) is 0 Å². The first-order valence-electron chi connectivity index (χ1n) is 30.1. The van der Waals surface area contributed by atoms with Gasteiger partial charge in [0.05, 0.1) is 102 Å². The predicted octanol–water partition coefficient (Wildman–Crippen LogP) is 10.5. The molecule has 4 aromatic carbocycles. The molecule has 83 heavy (non-hydrogen) atoms. The Hall–Kier alpha value is -5.56. The van der Waals surface area contributed by atoms with Crippen LogP contribution in [-0.2, 0) is 18.9 Å². The number of unbranched alkanes of at least 4 members (excludes halogenated alkanes) is 1. The minimum absolute atomic E-state index is 0.211. The Balaban J connectivity index is -0.000000480. The second kappa shape index (κ2) is 54.4. The van der Waals surface area contributed by atoms with Crippen LogP contribution in [0, 0.1) is 0 Å². The number of hydrogen-bond donors (Lipinski definition) is 4. The average molecular weight is 1170 g/mol. The number of carbonyl (C=O) groups is 4. The Morgan fingerprint density at radius 1 is 0.325 bits per heavy atom. The predicted molar refractivity (Wildman–Crippen MR) is 340 cm³/mol. The van der Waals surface area contributed by atoms with Crippen LogP contribution in [0.15, 0.2) is 121 Å². The van der Waals surface area contributed by atoms with E-state index < -0.39 is 0 Å². The van der Waals surface area contributed by atoms with E-state index >= 15 is 0 Å². The fourth-order valence-corrected chi connectivity index (χ4v) is 8.72. The summed E-state index contributed by atoms with van der Waals surface area (Å²) in [6, 6.07) is 36.6. The first-order chi connectivity index (χ1) is 39.9. The van der Waals surface area contributed by atoms with Crippen LogP contribution in [0.5, 0.6) is 0 Å². The summed E-state index contributed by atoms with van der Waals surface area (Å²) in [6.07, 6.45) is 5.96. The van der Waals surface area contributed by atoms with E-state index in [1.807, 2.05) is 72.8 Å². The van der Waals surface area contributed by atoms with E-state index in [0.717, 1.165) is 111 Å². The van der Waals surface area contributed by atoms with E-state index in [1.165, 1.54) is 45.2 Å². The Morgan fingerprint density at radius 2 is 0.542 bits per heavy atom. The molecule has 4 aromatic rings. The van der Waals surface area contributed by atoms with E-state index in [4.69, 9.17) is 39.4 Å². The molecule has 1 unspecified atom stereocenters. The van der Waals surface area contributed by atoms with Gasteiger partial charge in [0.15, 0.2) is 0 Å². The lowest BCUT2D eigenvalue weighted by atomic mass is 10.2. The zero-order valence-electron chi connectivity index (χ0n) is 54.7. The highest BCUT2D eigenvalue weighted by Crippen LogP contribution is 2.14. The lowest BCUT2D eigenvalue weighted by molar-refractivity contribution is -0.926. The minimum atomic E-state index is -0.246. The van der Waals surface area contributed by atoms with Crippen molar-refractivity contribution in [1.82, 2.24) is 0 Å². The number of carbonyl (C=O) groups excluding carboxylic acids is 4. The van der Waals surface area contributed by atoms with Crippen LogP contribution in [0.25, 0.3) is 0 Å². The second-order valence-electron chi connectivity index (χ2n) is 20.4. The molecule has 4 rings (SSSR count). The van der Waals surface area contributed by atoms with Crippen LogP contribution in [-0.4, -0.2) is 223 Å².